The van der Waals surface area contributed by atoms with Crippen LogP contribution in [0.2, 0.25) is 0 Å². The minimum absolute atomic E-state index is 0.0670. The molecule has 0 aromatic heterocycles. The van der Waals surface area contributed by atoms with Crippen LogP contribution in [0.15, 0.2) is 12.2 Å². The van der Waals surface area contributed by atoms with Gasteiger partial charge < -0.3 is 19.3 Å². The molecule has 0 aromatic carbocycles. The minimum atomic E-state index is -1.10. The lowest BCUT2D eigenvalue weighted by molar-refractivity contribution is -0.171. The van der Waals surface area contributed by atoms with Crippen LogP contribution in [0.25, 0.3) is 0 Å². The van der Waals surface area contributed by atoms with Crippen LogP contribution in [0.5, 0.6) is 0 Å². The molecule has 138 valence electrons. The fourth-order valence-corrected chi connectivity index (χ4v) is 3.03. The monoisotopic (exact) mass is 354 g/mol. The second-order valence-corrected chi connectivity index (χ2v) is 6.42. The fraction of sp³-hybridized carbons (Fsp3) is 0.647. The molecule has 0 radical (unpaired) electrons. The van der Waals surface area contributed by atoms with Crippen LogP contribution in [-0.4, -0.2) is 47.8 Å². The van der Waals surface area contributed by atoms with E-state index in [2.05, 4.69) is 6.58 Å². The third-order valence-corrected chi connectivity index (χ3v) is 4.36. The summed E-state index contributed by atoms with van der Waals surface area (Å²) in [5.74, 6) is -3.91. The molecule has 0 amide bonds. The van der Waals surface area contributed by atoms with Crippen LogP contribution in [0.1, 0.15) is 39.0 Å². The molecule has 2 fully saturated rings. The Kier molecular flexibility index (Phi) is 6.17. The maximum absolute atomic E-state index is 12.0. The first-order valence-electron chi connectivity index (χ1n) is 8.25. The highest BCUT2D eigenvalue weighted by molar-refractivity contribution is 5.86. The van der Waals surface area contributed by atoms with Gasteiger partial charge in [0.05, 0.1) is 18.4 Å². The number of carbonyl (C=O) groups excluding carboxylic acids is 3. The standard InChI is InChI=1S/C17H22O8/c1-9(2)16(21)23-6-4-3-5-13(18)25-14-11(15(19)20)7-10-8-12(14)24-17(10)22/h10-12,14H,1,3-8H2,2H3,(H,19,20). The summed E-state index contributed by atoms with van der Waals surface area (Å²) in [4.78, 5) is 46.1. The number of carbonyl (C=O) groups is 4. The summed E-state index contributed by atoms with van der Waals surface area (Å²) in [7, 11) is 0. The Balaban J connectivity index is 1.77. The number of ether oxygens (including phenoxy) is 3. The van der Waals surface area contributed by atoms with Crippen molar-refractivity contribution < 1.29 is 38.5 Å². The Labute approximate surface area is 145 Å². The molecule has 2 rings (SSSR count). The highest BCUT2D eigenvalue weighted by Gasteiger charge is 2.52. The van der Waals surface area contributed by atoms with Crippen LogP contribution in [0.4, 0.5) is 0 Å². The molecule has 25 heavy (non-hydrogen) atoms. The maximum Gasteiger partial charge on any atom is 0.333 e. The molecule has 0 aromatic rings. The first kappa shape index (κ1) is 19.0. The number of esters is 3. The average molecular weight is 354 g/mol. The molecule has 4 unspecified atom stereocenters. The number of aliphatic carboxylic acids is 1. The number of hydrogen-bond donors (Lipinski definition) is 1. The van der Waals surface area contributed by atoms with Crippen molar-refractivity contribution in [1.82, 2.24) is 0 Å². The second-order valence-electron chi connectivity index (χ2n) is 6.42. The average Bonchev–Trinajstić information content (AvgIpc) is 2.84. The van der Waals surface area contributed by atoms with E-state index >= 15 is 0 Å². The smallest absolute Gasteiger partial charge is 0.333 e. The Morgan fingerprint density at radius 1 is 1.28 bits per heavy atom. The molecular weight excluding hydrogens is 332 g/mol. The third-order valence-electron chi connectivity index (χ3n) is 4.36. The van der Waals surface area contributed by atoms with E-state index < -0.39 is 47.9 Å². The van der Waals surface area contributed by atoms with E-state index in [4.69, 9.17) is 14.2 Å². The highest BCUT2D eigenvalue weighted by atomic mass is 16.6. The SMILES string of the molecule is C=C(C)C(=O)OCCCCC(=O)OC1C2CC(CC1C(=O)O)C(=O)O2. The van der Waals surface area contributed by atoms with E-state index in [1.807, 2.05) is 0 Å². The zero-order valence-corrected chi connectivity index (χ0v) is 14.1. The van der Waals surface area contributed by atoms with Gasteiger partial charge in [-0.3, -0.25) is 14.4 Å². The van der Waals surface area contributed by atoms with Gasteiger partial charge in [-0.2, -0.15) is 0 Å². The summed E-state index contributed by atoms with van der Waals surface area (Å²) in [5, 5.41) is 9.30. The molecule has 4 atom stereocenters. The van der Waals surface area contributed by atoms with Gasteiger partial charge in [-0.05, 0) is 26.2 Å². The predicted octanol–water partition coefficient (Wildman–Crippen LogP) is 1.22. The maximum atomic E-state index is 12.0. The quantitative estimate of drug-likeness (QED) is 0.299. The number of carboxylic acid groups (broad SMARTS) is 1. The molecule has 2 bridgehead atoms. The van der Waals surface area contributed by atoms with E-state index in [9.17, 15) is 24.3 Å². The molecule has 1 N–H and O–H groups in total. The molecule has 1 saturated carbocycles. The number of fused-ring (bicyclic) bond motifs is 2. The first-order valence-corrected chi connectivity index (χ1v) is 8.25. The van der Waals surface area contributed by atoms with Gasteiger partial charge in [0.25, 0.3) is 0 Å². The molecular formula is C17H22O8. The molecule has 1 aliphatic carbocycles. The zero-order chi connectivity index (χ0) is 18.6. The zero-order valence-electron chi connectivity index (χ0n) is 14.1. The van der Waals surface area contributed by atoms with Gasteiger partial charge in [-0.25, -0.2) is 4.79 Å². The topological polar surface area (TPSA) is 116 Å². The van der Waals surface area contributed by atoms with Gasteiger partial charge in [-0.15, -0.1) is 0 Å². The third kappa shape index (κ3) is 4.80. The molecule has 8 nitrogen and oxygen atoms in total. The van der Waals surface area contributed by atoms with E-state index in [-0.39, 0.29) is 19.4 Å². The number of carboxylic acids is 1. The van der Waals surface area contributed by atoms with Gasteiger partial charge in [-0.1, -0.05) is 6.58 Å². The van der Waals surface area contributed by atoms with Crippen molar-refractivity contribution in [1.29, 1.82) is 0 Å². The summed E-state index contributed by atoms with van der Waals surface area (Å²) < 4.78 is 15.3. The molecule has 1 saturated heterocycles. The molecule has 1 heterocycles. The lowest BCUT2D eigenvalue weighted by atomic mass is 9.79. The van der Waals surface area contributed by atoms with Crippen LogP contribution >= 0.6 is 0 Å². The van der Waals surface area contributed by atoms with E-state index in [1.165, 1.54) is 0 Å². The number of rotatable bonds is 8. The van der Waals surface area contributed by atoms with Crippen molar-refractivity contribution in [2.45, 2.75) is 51.2 Å². The van der Waals surface area contributed by atoms with Crippen LogP contribution in [-0.2, 0) is 33.4 Å². The Bertz CT molecular complexity index is 581. The van der Waals surface area contributed by atoms with Gasteiger partial charge in [0.15, 0.2) is 6.10 Å². The molecule has 8 heteroatoms. The van der Waals surface area contributed by atoms with Gasteiger partial charge in [0, 0.05) is 18.4 Å². The fourth-order valence-electron chi connectivity index (χ4n) is 3.03. The van der Waals surface area contributed by atoms with Crippen LogP contribution in [0.3, 0.4) is 0 Å². The van der Waals surface area contributed by atoms with Gasteiger partial charge >= 0.3 is 23.9 Å². The number of hydrogen-bond acceptors (Lipinski definition) is 7. The van der Waals surface area contributed by atoms with E-state index in [0.717, 1.165) is 0 Å². The van der Waals surface area contributed by atoms with Gasteiger partial charge in [0.1, 0.15) is 6.10 Å². The summed E-state index contributed by atoms with van der Waals surface area (Å²) in [5.41, 5.74) is 0.306. The summed E-state index contributed by atoms with van der Waals surface area (Å²) >= 11 is 0. The van der Waals surface area contributed by atoms with Crippen molar-refractivity contribution in [2.24, 2.45) is 11.8 Å². The Hall–Kier alpha value is -2.38. The van der Waals surface area contributed by atoms with Crippen LogP contribution in [0, 0.1) is 11.8 Å². The van der Waals surface area contributed by atoms with E-state index in [0.29, 0.717) is 24.8 Å². The van der Waals surface area contributed by atoms with Crippen molar-refractivity contribution in [3.05, 3.63) is 12.2 Å². The van der Waals surface area contributed by atoms with Crippen molar-refractivity contribution in [3.63, 3.8) is 0 Å². The Morgan fingerprint density at radius 3 is 2.64 bits per heavy atom. The van der Waals surface area contributed by atoms with Crippen molar-refractivity contribution in [2.75, 3.05) is 6.61 Å². The van der Waals surface area contributed by atoms with Crippen molar-refractivity contribution >= 4 is 23.9 Å². The summed E-state index contributed by atoms with van der Waals surface area (Å²) in [6.45, 7) is 5.17. The molecule has 1 aliphatic heterocycles. The largest absolute Gasteiger partial charge is 0.481 e. The molecule has 2 aliphatic rings. The predicted molar refractivity (Wildman–Crippen MR) is 83.2 cm³/mol. The highest BCUT2D eigenvalue weighted by Crippen LogP contribution is 2.39. The number of unbranched alkanes of at least 4 members (excludes halogenated alkanes) is 1. The lowest BCUT2D eigenvalue weighted by Gasteiger charge is -2.30. The normalized spacial score (nSPS) is 27.3. The van der Waals surface area contributed by atoms with Crippen LogP contribution < -0.4 is 0 Å². The van der Waals surface area contributed by atoms with E-state index in [1.54, 1.807) is 6.92 Å². The van der Waals surface area contributed by atoms with Gasteiger partial charge in [0.2, 0.25) is 0 Å². The lowest BCUT2D eigenvalue weighted by Crippen LogP contribution is -2.44. The van der Waals surface area contributed by atoms with Crippen molar-refractivity contribution in [3.8, 4) is 0 Å². The molecule has 0 spiro atoms. The Morgan fingerprint density at radius 2 is 2.00 bits per heavy atom. The first-order chi connectivity index (χ1) is 11.8. The summed E-state index contributed by atoms with van der Waals surface area (Å²) in [6, 6.07) is 0. The minimum Gasteiger partial charge on any atom is -0.481 e. The summed E-state index contributed by atoms with van der Waals surface area (Å²) in [6.07, 6.45) is -0.155. The second kappa shape index (κ2) is 8.13.